The van der Waals surface area contributed by atoms with Crippen LogP contribution in [-0.2, 0) is 0 Å². The van der Waals surface area contributed by atoms with Crippen LogP contribution in [0.3, 0.4) is 0 Å². The molecule has 0 saturated heterocycles. The average molecular weight is 334 g/mol. The molecule has 4 rings (SSSR count). The van der Waals surface area contributed by atoms with E-state index >= 15 is 0 Å². The lowest BCUT2D eigenvalue weighted by atomic mass is 9.90. The molecule has 0 N–H and O–H groups in total. The van der Waals surface area contributed by atoms with Crippen molar-refractivity contribution in [1.29, 1.82) is 0 Å². The van der Waals surface area contributed by atoms with E-state index in [-0.39, 0.29) is 0 Å². The molecule has 0 fully saturated rings. The van der Waals surface area contributed by atoms with Crippen molar-refractivity contribution in [2.75, 3.05) is 0 Å². The van der Waals surface area contributed by atoms with Gasteiger partial charge in [0.15, 0.2) is 0 Å². The molecular formula is C26H22. The van der Waals surface area contributed by atoms with Crippen molar-refractivity contribution in [3.8, 4) is 22.3 Å². The number of hydrogen-bond acceptors (Lipinski definition) is 0. The van der Waals surface area contributed by atoms with E-state index in [0.29, 0.717) is 0 Å². The monoisotopic (exact) mass is 334 g/mol. The Morgan fingerprint density at radius 2 is 1.35 bits per heavy atom. The second-order valence-corrected chi connectivity index (χ2v) is 6.65. The Hall–Kier alpha value is -3.12. The predicted molar refractivity (Wildman–Crippen MR) is 114 cm³/mol. The van der Waals surface area contributed by atoms with Crippen molar-refractivity contribution >= 4 is 11.6 Å². The molecule has 3 aromatic rings. The number of allylic oxidation sites excluding steroid dienone is 4. The number of rotatable bonds is 4. The van der Waals surface area contributed by atoms with Gasteiger partial charge in [-0.2, -0.15) is 0 Å². The van der Waals surface area contributed by atoms with Crippen molar-refractivity contribution in [3.05, 3.63) is 109 Å². The summed E-state index contributed by atoms with van der Waals surface area (Å²) >= 11 is 0. The van der Waals surface area contributed by atoms with E-state index in [9.17, 15) is 0 Å². The minimum atomic E-state index is 1.10. The Balaban J connectivity index is 1.85. The maximum atomic E-state index is 3.85. The molecule has 0 radical (unpaired) electrons. The van der Waals surface area contributed by atoms with E-state index in [2.05, 4.69) is 97.6 Å². The summed E-state index contributed by atoms with van der Waals surface area (Å²) in [4.78, 5) is 0. The quantitative estimate of drug-likeness (QED) is 0.466. The van der Waals surface area contributed by atoms with Crippen LogP contribution in [0.15, 0.2) is 97.6 Å². The lowest BCUT2D eigenvalue weighted by Gasteiger charge is -2.14. The summed E-state index contributed by atoms with van der Waals surface area (Å²) in [6.45, 7) is 3.85. The first-order valence-corrected chi connectivity index (χ1v) is 9.13. The van der Waals surface area contributed by atoms with Gasteiger partial charge in [0.1, 0.15) is 0 Å². The van der Waals surface area contributed by atoms with Crippen molar-refractivity contribution in [3.63, 3.8) is 0 Å². The van der Waals surface area contributed by atoms with Crippen molar-refractivity contribution in [1.82, 2.24) is 0 Å². The topological polar surface area (TPSA) is 0 Å². The molecule has 0 saturated carbocycles. The fourth-order valence-electron chi connectivity index (χ4n) is 3.43. The van der Waals surface area contributed by atoms with E-state index in [1.54, 1.807) is 0 Å². The maximum absolute atomic E-state index is 3.85. The summed E-state index contributed by atoms with van der Waals surface area (Å²) in [5, 5.41) is 0. The van der Waals surface area contributed by atoms with Crippen molar-refractivity contribution in [2.24, 2.45) is 0 Å². The molecule has 0 aliphatic heterocycles. The lowest BCUT2D eigenvalue weighted by molar-refractivity contribution is 1.05. The largest absolute Gasteiger partial charge is 0.0985 e. The molecule has 126 valence electrons. The minimum absolute atomic E-state index is 1.10. The van der Waals surface area contributed by atoms with Crippen LogP contribution in [0.1, 0.15) is 24.0 Å². The molecule has 1 aliphatic carbocycles. The molecular weight excluding hydrogens is 312 g/mol. The average Bonchev–Trinajstić information content (AvgIpc) is 2.75. The predicted octanol–water partition coefficient (Wildman–Crippen LogP) is 7.40. The van der Waals surface area contributed by atoms with Gasteiger partial charge in [0, 0.05) is 0 Å². The Labute approximate surface area is 155 Å². The Kier molecular flexibility index (Phi) is 4.66. The lowest BCUT2D eigenvalue weighted by Crippen LogP contribution is -1.91. The van der Waals surface area contributed by atoms with Gasteiger partial charge in [0.2, 0.25) is 0 Å². The molecule has 0 heterocycles. The summed E-state index contributed by atoms with van der Waals surface area (Å²) in [5.74, 6) is 0. The number of benzene rings is 3. The second-order valence-electron chi connectivity index (χ2n) is 6.65. The highest BCUT2D eigenvalue weighted by Crippen LogP contribution is 2.33. The van der Waals surface area contributed by atoms with E-state index in [1.165, 1.54) is 33.4 Å². The third-order valence-corrected chi connectivity index (χ3v) is 4.90. The smallest absolute Gasteiger partial charge is 0.0172 e. The zero-order valence-corrected chi connectivity index (χ0v) is 14.9. The van der Waals surface area contributed by atoms with E-state index < -0.39 is 0 Å². The van der Waals surface area contributed by atoms with Crippen LogP contribution in [0.2, 0.25) is 0 Å². The van der Waals surface area contributed by atoms with E-state index in [1.807, 2.05) is 6.08 Å². The van der Waals surface area contributed by atoms with Crippen LogP contribution in [0.5, 0.6) is 0 Å². The highest BCUT2D eigenvalue weighted by molar-refractivity contribution is 5.81. The fourth-order valence-corrected chi connectivity index (χ4v) is 3.43. The van der Waals surface area contributed by atoms with Gasteiger partial charge in [-0.05, 0) is 70.0 Å². The third kappa shape index (κ3) is 3.45. The molecule has 0 aromatic heterocycles. The maximum Gasteiger partial charge on any atom is -0.0172 e. The van der Waals surface area contributed by atoms with Crippen LogP contribution >= 0.6 is 0 Å². The minimum Gasteiger partial charge on any atom is -0.0985 e. The fraction of sp³-hybridized carbons (Fsp3) is 0.0769. The van der Waals surface area contributed by atoms with Crippen LogP contribution in [0, 0.1) is 0 Å². The molecule has 26 heavy (non-hydrogen) atoms. The third-order valence-electron chi connectivity index (χ3n) is 4.90. The molecule has 0 atom stereocenters. The van der Waals surface area contributed by atoms with Crippen LogP contribution in [0.25, 0.3) is 33.9 Å². The summed E-state index contributed by atoms with van der Waals surface area (Å²) in [6, 6.07) is 26.2. The van der Waals surface area contributed by atoms with Crippen LogP contribution < -0.4 is 0 Å². The van der Waals surface area contributed by atoms with E-state index in [4.69, 9.17) is 0 Å². The first kappa shape index (κ1) is 16.4. The standard InChI is InChI=1S/C26H22/c1-2-20-13-15-23(16-14-20)26-18-24(21-9-5-3-6-10-21)17-25(19-26)22-11-7-4-8-12-22/h2-7,9-11,13-19H,1,8,12H2. The van der Waals surface area contributed by atoms with Gasteiger partial charge in [0.05, 0.1) is 0 Å². The van der Waals surface area contributed by atoms with Gasteiger partial charge in [0.25, 0.3) is 0 Å². The summed E-state index contributed by atoms with van der Waals surface area (Å²) in [7, 11) is 0. The second kappa shape index (κ2) is 7.41. The van der Waals surface area contributed by atoms with Crippen molar-refractivity contribution < 1.29 is 0 Å². The Bertz CT molecular complexity index is 970. The summed E-state index contributed by atoms with van der Waals surface area (Å²) < 4.78 is 0. The molecule has 0 heteroatoms. The first-order chi connectivity index (χ1) is 12.8. The molecule has 1 aliphatic rings. The summed E-state index contributed by atoms with van der Waals surface area (Å²) in [5.41, 5.74) is 8.89. The highest BCUT2D eigenvalue weighted by atomic mass is 14.1. The Morgan fingerprint density at radius 1 is 0.692 bits per heavy atom. The summed E-state index contributed by atoms with van der Waals surface area (Å²) in [6.07, 6.45) is 10.8. The molecule has 0 spiro atoms. The van der Waals surface area contributed by atoms with Crippen molar-refractivity contribution in [2.45, 2.75) is 12.8 Å². The normalized spacial score (nSPS) is 13.3. The van der Waals surface area contributed by atoms with Gasteiger partial charge < -0.3 is 0 Å². The molecule has 0 unspecified atom stereocenters. The number of hydrogen-bond donors (Lipinski definition) is 0. The van der Waals surface area contributed by atoms with Gasteiger partial charge in [-0.3, -0.25) is 0 Å². The Morgan fingerprint density at radius 3 is 1.96 bits per heavy atom. The van der Waals surface area contributed by atoms with Gasteiger partial charge in [-0.25, -0.2) is 0 Å². The van der Waals surface area contributed by atoms with Gasteiger partial charge in [-0.15, -0.1) is 0 Å². The zero-order chi connectivity index (χ0) is 17.8. The highest BCUT2D eigenvalue weighted by Gasteiger charge is 2.09. The van der Waals surface area contributed by atoms with Gasteiger partial charge >= 0.3 is 0 Å². The molecule has 3 aromatic carbocycles. The van der Waals surface area contributed by atoms with Crippen LogP contribution in [-0.4, -0.2) is 0 Å². The first-order valence-electron chi connectivity index (χ1n) is 9.13. The SMILES string of the molecule is C=Cc1ccc(-c2cc(C3=CC=CCC3)cc(-c3ccccc3)c2)cc1. The van der Waals surface area contributed by atoms with Crippen LogP contribution in [0.4, 0.5) is 0 Å². The molecule has 0 amide bonds. The van der Waals surface area contributed by atoms with E-state index in [0.717, 1.165) is 18.4 Å². The molecule has 0 bridgehead atoms. The zero-order valence-electron chi connectivity index (χ0n) is 14.9. The van der Waals surface area contributed by atoms with Gasteiger partial charge in [-0.1, -0.05) is 85.5 Å². The molecule has 0 nitrogen and oxygen atoms in total.